The Hall–Kier alpha value is -1.50. The van der Waals surface area contributed by atoms with E-state index < -0.39 is 8.32 Å². The molecule has 1 aromatic carbocycles. The highest BCUT2D eigenvalue weighted by Gasteiger charge is 2.38. The molecule has 1 atom stereocenters. The van der Waals surface area contributed by atoms with Crippen LogP contribution in [0.3, 0.4) is 0 Å². The Kier molecular flexibility index (Phi) is 6.92. The van der Waals surface area contributed by atoms with Crippen LogP contribution >= 0.6 is 0 Å². The number of rotatable bonds is 5. The third-order valence-corrected chi connectivity index (χ3v) is 9.45. The SMILES string of the molecule is CC(C)(C)[Si](C)(C)OC#CC(OCc1ccccc1)C1=CCCCC1. The second kappa shape index (κ2) is 8.74. The molecule has 1 aliphatic carbocycles. The molecule has 0 aliphatic heterocycles. The van der Waals surface area contributed by atoms with Gasteiger partial charge in [0.15, 0.2) is 0 Å². The van der Waals surface area contributed by atoms with E-state index in [1.165, 1.54) is 24.0 Å². The minimum Gasteiger partial charge on any atom is -0.500 e. The fourth-order valence-electron chi connectivity index (χ4n) is 2.46. The fraction of sp³-hybridized carbons (Fsp3) is 0.545. The van der Waals surface area contributed by atoms with E-state index in [1.807, 2.05) is 18.2 Å². The molecular formula is C22H32O2Si. The van der Waals surface area contributed by atoms with Gasteiger partial charge < -0.3 is 9.16 Å². The summed E-state index contributed by atoms with van der Waals surface area (Å²) >= 11 is 0. The average Bonchev–Trinajstić information content (AvgIpc) is 2.58. The first-order chi connectivity index (χ1) is 11.8. The second-order valence-electron chi connectivity index (χ2n) is 8.31. The van der Waals surface area contributed by atoms with E-state index in [0.717, 1.165) is 12.8 Å². The van der Waals surface area contributed by atoms with E-state index in [9.17, 15) is 0 Å². The summed E-state index contributed by atoms with van der Waals surface area (Å²) in [5, 5.41) is 0.159. The van der Waals surface area contributed by atoms with Crippen molar-refractivity contribution in [1.82, 2.24) is 0 Å². The third-order valence-electron chi connectivity index (χ3n) is 5.22. The number of hydrogen-bond acceptors (Lipinski definition) is 2. The Morgan fingerprint density at radius 2 is 1.84 bits per heavy atom. The second-order valence-corrected chi connectivity index (χ2v) is 13.0. The maximum atomic E-state index is 6.16. The molecule has 0 aromatic heterocycles. The van der Waals surface area contributed by atoms with E-state index in [-0.39, 0.29) is 11.1 Å². The Balaban J connectivity index is 2.07. The van der Waals surface area contributed by atoms with E-state index in [0.29, 0.717) is 6.61 Å². The summed E-state index contributed by atoms with van der Waals surface area (Å²) in [4.78, 5) is 0. The van der Waals surface area contributed by atoms with Gasteiger partial charge in [0.25, 0.3) is 8.32 Å². The number of benzene rings is 1. The number of allylic oxidation sites excluding steroid dienone is 1. The van der Waals surface area contributed by atoms with Gasteiger partial charge in [-0.05, 0) is 60.9 Å². The van der Waals surface area contributed by atoms with Crippen LogP contribution in [0.5, 0.6) is 0 Å². The fourth-order valence-corrected chi connectivity index (χ4v) is 3.08. The van der Waals surface area contributed by atoms with Crippen LogP contribution in [0.15, 0.2) is 42.0 Å². The van der Waals surface area contributed by atoms with Crippen molar-refractivity contribution >= 4 is 8.32 Å². The maximum Gasteiger partial charge on any atom is 0.264 e. The summed E-state index contributed by atoms with van der Waals surface area (Å²) in [7, 11) is -1.86. The van der Waals surface area contributed by atoms with Crippen molar-refractivity contribution in [1.29, 1.82) is 0 Å². The molecule has 0 bridgehead atoms. The van der Waals surface area contributed by atoms with Gasteiger partial charge >= 0.3 is 0 Å². The van der Waals surface area contributed by atoms with Crippen LogP contribution in [0.25, 0.3) is 0 Å². The lowest BCUT2D eigenvalue weighted by Crippen LogP contribution is -2.39. The lowest BCUT2D eigenvalue weighted by molar-refractivity contribution is 0.0965. The molecule has 2 rings (SSSR count). The van der Waals surface area contributed by atoms with Crippen LogP contribution in [0, 0.1) is 12.0 Å². The molecule has 0 radical (unpaired) electrons. The molecule has 2 nitrogen and oxygen atoms in total. The van der Waals surface area contributed by atoms with E-state index >= 15 is 0 Å². The first kappa shape index (κ1) is 19.8. The van der Waals surface area contributed by atoms with Crippen LogP contribution in [-0.4, -0.2) is 14.4 Å². The zero-order valence-electron chi connectivity index (χ0n) is 16.4. The quantitative estimate of drug-likeness (QED) is 0.363. The van der Waals surface area contributed by atoms with Gasteiger partial charge in [-0.25, -0.2) is 0 Å². The molecule has 25 heavy (non-hydrogen) atoms. The molecule has 1 aromatic rings. The van der Waals surface area contributed by atoms with Crippen LogP contribution in [0.4, 0.5) is 0 Å². The van der Waals surface area contributed by atoms with Crippen molar-refractivity contribution in [3.63, 3.8) is 0 Å². The van der Waals surface area contributed by atoms with E-state index in [4.69, 9.17) is 9.16 Å². The molecule has 136 valence electrons. The van der Waals surface area contributed by atoms with E-state index in [2.05, 4.69) is 64.1 Å². The molecule has 0 amide bonds. The molecule has 0 saturated heterocycles. The Labute approximate surface area is 154 Å². The first-order valence-corrected chi connectivity index (χ1v) is 12.2. The topological polar surface area (TPSA) is 18.5 Å². The van der Waals surface area contributed by atoms with Crippen molar-refractivity contribution in [2.45, 2.75) is 77.3 Å². The van der Waals surface area contributed by atoms with Crippen LogP contribution in [0.1, 0.15) is 52.0 Å². The van der Waals surface area contributed by atoms with Gasteiger partial charge in [0.2, 0.25) is 0 Å². The summed E-state index contributed by atoms with van der Waals surface area (Å²) in [5.74, 6) is 3.26. The predicted octanol–water partition coefficient (Wildman–Crippen LogP) is 6.05. The van der Waals surface area contributed by atoms with Gasteiger partial charge in [-0.1, -0.05) is 57.2 Å². The van der Waals surface area contributed by atoms with Gasteiger partial charge in [-0.15, -0.1) is 0 Å². The molecule has 0 saturated carbocycles. The smallest absolute Gasteiger partial charge is 0.264 e. The zero-order valence-corrected chi connectivity index (χ0v) is 17.4. The first-order valence-electron chi connectivity index (χ1n) is 9.32. The minimum atomic E-state index is -1.86. The van der Waals surface area contributed by atoms with Crippen molar-refractivity contribution in [2.24, 2.45) is 0 Å². The largest absolute Gasteiger partial charge is 0.500 e. The predicted molar refractivity (Wildman–Crippen MR) is 108 cm³/mol. The monoisotopic (exact) mass is 356 g/mol. The summed E-state index contributed by atoms with van der Waals surface area (Å²) in [6.45, 7) is 11.7. The summed E-state index contributed by atoms with van der Waals surface area (Å²) in [6, 6.07) is 10.3. The van der Waals surface area contributed by atoms with Gasteiger partial charge in [-0.3, -0.25) is 0 Å². The average molecular weight is 357 g/mol. The van der Waals surface area contributed by atoms with Gasteiger partial charge in [-0.2, -0.15) is 0 Å². The highest BCUT2D eigenvalue weighted by molar-refractivity contribution is 6.74. The molecule has 0 fully saturated rings. The maximum absolute atomic E-state index is 6.16. The molecule has 3 heteroatoms. The molecule has 1 aliphatic rings. The van der Waals surface area contributed by atoms with Crippen molar-refractivity contribution in [3.05, 3.63) is 47.5 Å². The molecule has 0 N–H and O–H groups in total. The molecular weight excluding hydrogens is 324 g/mol. The van der Waals surface area contributed by atoms with Crippen LogP contribution < -0.4 is 0 Å². The lowest BCUT2D eigenvalue weighted by atomic mass is 9.95. The van der Waals surface area contributed by atoms with E-state index in [1.54, 1.807) is 0 Å². The van der Waals surface area contributed by atoms with Crippen LogP contribution in [0.2, 0.25) is 18.1 Å². The zero-order chi connectivity index (χ0) is 18.3. The Bertz CT molecular complexity index is 629. The van der Waals surface area contributed by atoms with Gasteiger partial charge in [0.05, 0.1) is 12.7 Å². The highest BCUT2D eigenvalue weighted by Crippen LogP contribution is 2.36. The molecule has 1 unspecified atom stereocenters. The lowest BCUT2D eigenvalue weighted by Gasteiger charge is -2.33. The van der Waals surface area contributed by atoms with Crippen LogP contribution in [-0.2, 0) is 15.8 Å². The minimum absolute atomic E-state index is 0.159. The van der Waals surface area contributed by atoms with Gasteiger partial charge in [0, 0.05) is 0 Å². The van der Waals surface area contributed by atoms with Crippen molar-refractivity contribution in [2.75, 3.05) is 0 Å². The summed E-state index contributed by atoms with van der Waals surface area (Å²) in [5.41, 5.74) is 2.49. The third kappa shape index (κ3) is 6.06. The summed E-state index contributed by atoms with van der Waals surface area (Å²) < 4.78 is 12.2. The Morgan fingerprint density at radius 1 is 1.12 bits per heavy atom. The normalized spacial score (nSPS) is 16.4. The standard InChI is InChI=1S/C22H32O2Si/c1-22(2,3)25(4,5)24-17-16-21(20-14-10-7-11-15-20)23-18-19-12-8-6-9-13-19/h6,8-9,12-14,21H,7,10-11,15,18H2,1-5H3. The number of hydrogen-bond donors (Lipinski definition) is 0. The molecule has 0 heterocycles. The highest BCUT2D eigenvalue weighted by atomic mass is 28.4. The summed E-state index contributed by atoms with van der Waals surface area (Å²) in [6.07, 6.45) is 9.85. The van der Waals surface area contributed by atoms with Gasteiger partial charge in [0.1, 0.15) is 6.10 Å². The van der Waals surface area contributed by atoms with Crippen molar-refractivity contribution < 1.29 is 9.16 Å². The molecule has 0 spiro atoms. The van der Waals surface area contributed by atoms with Crippen molar-refractivity contribution in [3.8, 4) is 12.0 Å². The number of ether oxygens (including phenoxy) is 1. The Morgan fingerprint density at radius 3 is 2.44 bits per heavy atom.